The second kappa shape index (κ2) is 6.88. The minimum Gasteiger partial charge on any atom is -0.315 e. The van der Waals surface area contributed by atoms with Crippen LogP contribution in [0, 0.1) is 5.92 Å². The van der Waals surface area contributed by atoms with Crippen molar-refractivity contribution in [3.63, 3.8) is 0 Å². The molecular formula is C15H31N3. The van der Waals surface area contributed by atoms with Crippen molar-refractivity contribution >= 4 is 0 Å². The molecule has 3 nitrogen and oxygen atoms in total. The molecule has 0 amide bonds. The van der Waals surface area contributed by atoms with Crippen LogP contribution >= 0.6 is 0 Å². The van der Waals surface area contributed by atoms with Crippen LogP contribution in [0.3, 0.4) is 0 Å². The average molecular weight is 253 g/mol. The van der Waals surface area contributed by atoms with E-state index in [0.29, 0.717) is 6.04 Å². The first-order valence-corrected chi connectivity index (χ1v) is 7.85. The Kier molecular flexibility index (Phi) is 5.46. The molecule has 106 valence electrons. The maximum absolute atomic E-state index is 3.61. The van der Waals surface area contributed by atoms with Crippen molar-refractivity contribution in [1.29, 1.82) is 0 Å². The third kappa shape index (κ3) is 3.94. The lowest BCUT2D eigenvalue weighted by Gasteiger charge is -2.31. The van der Waals surface area contributed by atoms with Gasteiger partial charge in [0.05, 0.1) is 0 Å². The summed E-state index contributed by atoms with van der Waals surface area (Å²) >= 11 is 0. The summed E-state index contributed by atoms with van der Waals surface area (Å²) in [6.07, 6.45) is 4.19. The van der Waals surface area contributed by atoms with Gasteiger partial charge in [0, 0.05) is 25.2 Å². The number of rotatable bonds is 5. The molecule has 0 aliphatic carbocycles. The van der Waals surface area contributed by atoms with Crippen LogP contribution in [-0.2, 0) is 0 Å². The summed E-state index contributed by atoms with van der Waals surface area (Å²) in [5.41, 5.74) is 0. The molecule has 0 aromatic carbocycles. The number of fused-ring (bicyclic) bond motifs is 1. The van der Waals surface area contributed by atoms with Crippen molar-refractivity contribution in [2.24, 2.45) is 5.92 Å². The van der Waals surface area contributed by atoms with E-state index < -0.39 is 0 Å². The lowest BCUT2D eigenvalue weighted by Crippen LogP contribution is -2.45. The molecule has 2 saturated heterocycles. The molecule has 0 spiro atoms. The monoisotopic (exact) mass is 253 g/mol. The second-order valence-electron chi connectivity index (χ2n) is 6.58. The van der Waals surface area contributed by atoms with Gasteiger partial charge in [-0.15, -0.1) is 0 Å². The third-order valence-corrected chi connectivity index (χ3v) is 4.45. The van der Waals surface area contributed by atoms with Gasteiger partial charge in [0.1, 0.15) is 0 Å². The van der Waals surface area contributed by atoms with Crippen molar-refractivity contribution in [3.05, 3.63) is 0 Å². The quantitative estimate of drug-likeness (QED) is 0.806. The van der Waals surface area contributed by atoms with E-state index in [1.807, 2.05) is 0 Å². The summed E-state index contributed by atoms with van der Waals surface area (Å²) in [7, 11) is 0. The van der Waals surface area contributed by atoms with Gasteiger partial charge >= 0.3 is 0 Å². The van der Waals surface area contributed by atoms with Gasteiger partial charge in [0.15, 0.2) is 0 Å². The molecule has 2 heterocycles. The van der Waals surface area contributed by atoms with Crippen LogP contribution in [0.25, 0.3) is 0 Å². The van der Waals surface area contributed by atoms with E-state index >= 15 is 0 Å². The Morgan fingerprint density at radius 1 is 1.06 bits per heavy atom. The van der Waals surface area contributed by atoms with Gasteiger partial charge in [-0.05, 0) is 58.3 Å². The van der Waals surface area contributed by atoms with Gasteiger partial charge in [0.2, 0.25) is 0 Å². The van der Waals surface area contributed by atoms with Gasteiger partial charge in [-0.3, -0.25) is 9.80 Å². The number of nitrogens with zero attached hydrogens (tertiary/aromatic N) is 2. The number of hydrogen-bond acceptors (Lipinski definition) is 3. The zero-order valence-corrected chi connectivity index (χ0v) is 12.5. The summed E-state index contributed by atoms with van der Waals surface area (Å²) in [5, 5.41) is 3.61. The third-order valence-electron chi connectivity index (χ3n) is 4.45. The Hall–Kier alpha value is -0.120. The Labute approximate surface area is 113 Å². The van der Waals surface area contributed by atoms with Crippen molar-refractivity contribution in [2.45, 2.75) is 52.1 Å². The molecule has 2 aliphatic rings. The Morgan fingerprint density at radius 2 is 1.83 bits per heavy atom. The molecule has 1 N–H and O–H groups in total. The smallest absolute Gasteiger partial charge is 0.0223 e. The van der Waals surface area contributed by atoms with Crippen molar-refractivity contribution in [3.8, 4) is 0 Å². The van der Waals surface area contributed by atoms with E-state index in [0.717, 1.165) is 25.0 Å². The molecule has 0 aromatic heterocycles. The molecule has 0 saturated carbocycles. The van der Waals surface area contributed by atoms with Crippen LogP contribution in [0.5, 0.6) is 0 Å². The molecule has 2 fully saturated rings. The van der Waals surface area contributed by atoms with E-state index in [-0.39, 0.29) is 0 Å². The minimum atomic E-state index is 0.685. The highest BCUT2D eigenvalue weighted by molar-refractivity contribution is 4.86. The average Bonchev–Trinajstić information content (AvgIpc) is 2.66. The van der Waals surface area contributed by atoms with Crippen LogP contribution in [0.15, 0.2) is 0 Å². The standard InChI is InChI=1S/C15H31N3/c1-13(2)10-16-11-14(3)18-9-5-8-17-7-4-6-15(17)12-18/h13-16H,4-12H2,1-3H3. The summed E-state index contributed by atoms with van der Waals surface area (Å²) in [6.45, 7) is 14.5. The summed E-state index contributed by atoms with van der Waals surface area (Å²) in [4.78, 5) is 5.43. The fourth-order valence-corrected chi connectivity index (χ4v) is 3.35. The Bertz CT molecular complexity index is 242. The van der Waals surface area contributed by atoms with Gasteiger partial charge in [-0.25, -0.2) is 0 Å². The van der Waals surface area contributed by atoms with Gasteiger partial charge in [0.25, 0.3) is 0 Å². The predicted molar refractivity (Wildman–Crippen MR) is 78.0 cm³/mol. The summed E-state index contributed by atoms with van der Waals surface area (Å²) in [5.74, 6) is 0.756. The maximum atomic E-state index is 3.61. The van der Waals surface area contributed by atoms with Crippen LogP contribution < -0.4 is 5.32 Å². The fourth-order valence-electron chi connectivity index (χ4n) is 3.35. The Morgan fingerprint density at radius 3 is 2.61 bits per heavy atom. The summed E-state index contributed by atoms with van der Waals surface area (Å²) in [6, 6.07) is 1.53. The molecule has 3 heteroatoms. The number of nitrogens with one attached hydrogen (secondary N) is 1. The maximum Gasteiger partial charge on any atom is 0.0223 e. The van der Waals surface area contributed by atoms with Crippen molar-refractivity contribution in [1.82, 2.24) is 15.1 Å². The second-order valence-corrected chi connectivity index (χ2v) is 6.58. The van der Waals surface area contributed by atoms with Gasteiger partial charge < -0.3 is 5.32 Å². The first-order valence-electron chi connectivity index (χ1n) is 7.85. The lowest BCUT2D eigenvalue weighted by atomic mass is 10.1. The molecule has 0 radical (unpaired) electrons. The normalized spacial score (nSPS) is 28.3. The molecule has 0 aromatic rings. The lowest BCUT2D eigenvalue weighted by molar-refractivity contribution is 0.178. The predicted octanol–water partition coefficient (Wildman–Crippen LogP) is 1.79. The first-order chi connectivity index (χ1) is 8.66. The van der Waals surface area contributed by atoms with E-state index in [2.05, 4.69) is 35.9 Å². The van der Waals surface area contributed by atoms with Crippen molar-refractivity contribution < 1.29 is 0 Å². The molecule has 2 rings (SSSR count). The van der Waals surface area contributed by atoms with Crippen molar-refractivity contribution in [2.75, 3.05) is 39.3 Å². The molecular weight excluding hydrogens is 222 g/mol. The van der Waals surface area contributed by atoms with Crippen LogP contribution in [0.1, 0.15) is 40.0 Å². The molecule has 2 aliphatic heterocycles. The highest BCUT2D eigenvalue weighted by Gasteiger charge is 2.30. The summed E-state index contributed by atoms with van der Waals surface area (Å²) < 4.78 is 0. The van der Waals surface area contributed by atoms with E-state index in [1.54, 1.807) is 0 Å². The van der Waals surface area contributed by atoms with Crippen LogP contribution in [0.4, 0.5) is 0 Å². The highest BCUT2D eigenvalue weighted by atomic mass is 15.3. The molecule has 18 heavy (non-hydrogen) atoms. The SMILES string of the molecule is CC(C)CNCC(C)N1CCCN2CCCC2C1. The zero-order valence-electron chi connectivity index (χ0n) is 12.5. The first kappa shape index (κ1) is 14.3. The van der Waals surface area contributed by atoms with Crippen LogP contribution in [0.2, 0.25) is 0 Å². The number of hydrogen-bond donors (Lipinski definition) is 1. The topological polar surface area (TPSA) is 18.5 Å². The molecule has 2 atom stereocenters. The zero-order chi connectivity index (χ0) is 13.0. The van der Waals surface area contributed by atoms with E-state index in [9.17, 15) is 0 Å². The van der Waals surface area contributed by atoms with Gasteiger partial charge in [-0.2, -0.15) is 0 Å². The fraction of sp³-hybridized carbons (Fsp3) is 1.00. The largest absolute Gasteiger partial charge is 0.315 e. The minimum absolute atomic E-state index is 0.685. The van der Waals surface area contributed by atoms with Crippen LogP contribution in [-0.4, -0.2) is 61.2 Å². The van der Waals surface area contributed by atoms with E-state index in [4.69, 9.17) is 0 Å². The molecule has 0 bridgehead atoms. The molecule has 2 unspecified atom stereocenters. The Balaban J connectivity index is 1.76. The van der Waals surface area contributed by atoms with E-state index in [1.165, 1.54) is 45.4 Å². The van der Waals surface area contributed by atoms with Gasteiger partial charge in [-0.1, -0.05) is 13.8 Å². The highest BCUT2D eigenvalue weighted by Crippen LogP contribution is 2.22.